The maximum Gasteiger partial charge on any atom is 0.233 e. The summed E-state index contributed by atoms with van der Waals surface area (Å²) in [6.07, 6.45) is 4.26. The van der Waals surface area contributed by atoms with E-state index >= 15 is 0 Å². The molecule has 2 N–H and O–H groups in total. The number of fused-ring (bicyclic) bond motifs is 1. The SMILES string of the molecule is Cc1cnc(-c2c(Cl)ccc3c(SNc4nc(C)c(OCC(C)F)c(C)n4)c[nH]c23)cn1. The lowest BCUT2D eigenvalue weighted by Crippen LogP contribution is -2.11. The summed E-state index contributed by atoms with van der Waals surface area (Å²) in [5.41, 5.74) is 4.50. The minimum Gasteiger partial charge on any atom is -0.487 e. The first-order valence-electron chi connectivity index (χ1n) is 9.97. The van der Waals surface area contributed by atoms with Gasteiger partial charge in [0.05, 0.1) is 44.4 Å². The highest BCUT2D eigenvalue weighted by Gasteiger charge is 2.16. The Balaban J connectivity index is 1.58. The number of aromatic nitrogens is 5. The standard InChI is InChI=1S/C22H22ClFN6OS/c1-11(24)10-31-21-13(3)28-22(29-14(21)4)30-32-18-9-27-20-15(18)5-6-16(23)19(20)17-8-25-12(2)7-26-17/h5-9,11,27H,10H2,1-4H3,(H,28,29,30). The molecule has 3 heterocycles. The molecular weight excluding hydrogens is 451 g/mol. The number of anilines is 1. The Morgan fingerprint density at radius 1 is 1.16 bits per heavy atom. The van der Waals surface area contributed by atoms with E-state index in [-0.39, 0.29) is 6.61 Å². The van der Waals surface area contributed by atoms with Gasteiger partial charge in [0.15, 0.2) is 5.75 Å². The first-order valence-corrected chi connectivity index (χ1v) is 11.2. The fourth-order valence-electron chi connectivity index (χ4n) is 3.26. The second-order valence-electron chi connectivity index (χ2n) is 7.38. The van der Waals surface area contributed by atoms with Gasteiger partial charge >= 0.3 is 0 Å². The smallest absolute Gasteiger partial charge is 0.233 e. The number of nitrogens with one attached hydrogen (secondary N) is 2. The van der Waals surface area contributed by atoms with Crippen molar-refractivity contribution in [3.8, 4) is 17.0 Å². The van der Waals surface area contributed by atoms with E-state index in [1.54, 1.807) is 12.4 Å². The third-order valence-electron chi connectivity index (χ3n) is 4.72. The van der Waals surface area contributed by atoms with E-state index in [9.17, 15) is 4.39 Å². The van der Waals surface area contributed by atoms with Crippen molar-refractivity contribution >= 4 is 40.4 Å². The molecule has 1 unspecified atom stereocenters. The maximum atomic E-state index is 13.1. The summed E-state index contributed by atoms with van der Waals surface area (Å²) >= 11 is 7.87. The van der Waals surface area contributed by atoms with Crippen LogP contribution in [0.1, 0.15) is 24.0 Å². The number of hydrogen-bond donors (Lipinski definition) is 2. The van der Waals surface area contributed by atoms with E-state index in [1.807, 2.05) is 39.1 Å². The van der Waals surface area contributed by atoms with Gasteiger partial charge in [-0.15, -0.1) is 0 Å². The molecule has 0 fully saturated rings. The van der Waals surface area contributed by atoms with Crippen molar-refractivity contribution in [3.63, 3.8) is 0 Å². The largest absolute Gasteiger partial charge is 0.487 e. The van der Waals surface area contributed by atoms with Crippen LogP contribution in [0, 0.1) is 20.8 Å². The van der Waals surface area contributed by atoms with Crippen LogP contribution in [0.4, 0.5) is 10.3 Å². The molecule has 1 aromatic carbocycles. The monoisotopic (exact) mass is 472 g/mol. The van der Waals surface area contributed by atoms with Crippen LogP contribution >= 0.6 is 23.5 Å². The van der Waals surface area contributed by atoms with Gasteiger partial charge in [0.1, 0.15) is 12.8 Å². The lowest BCUT2D eigenvalue weighted by atomic mass is 10.1. The zero-order valence-electron chi connectivity index (χ0n) is 18.0. The normalized spacial score (nSPS) is 12.2. The van der Waals surface area contributed by atoms with Gasteiger partial charge in [-0.2, -0.15) is 0 Å². The van der Waals surface area contributed by atoms with Crippen LogP contribution in [0.15, 0.2) is 35.6 Å². The molecule has 0 aliphatic rings. The zero-order chi connectivity index (χ0) is 22.8. The number of rotatable bonds is 7. The summed E-state index contributed by atoms with van der Waals surface area (Å²) in [5, 5.41) is 1.57. The van der Waals surface area contributed by atoms with Crippen LogP contribution in [0.5, 0.6) is 5.75 Å². The number of nitrogens with zero attached hydrogens (tertiary/aromatic N) is 4. The molecule has 4 aromatic rings. The van der Waals surface area contributed by atoms with Crippen molar-refractivity contribution in [1.82, 2.24) is 24.9 Å². The highest BCUT2D eigenvalue weighted by molar-refractivity contribution is 8.00. The average Bonchev–Trinajstić information content (AvgIpc) is 3.15. The lowest BCUT2D eigenvalue weighted by molar-refractivity contribution is 0.206. The fraction of sp³-hybridized carbons (Fsp3) is 0.273. The van der Waals surface area contributed by atoms with Gasteiger partial charge in [0, 0.05) is 23.3 Å². The van der Waals surface area contributed by atoms with Crippen molar-refractivity contribution < 1.29 is 9.13 Å². The van der Waals surface area contributed by atoms with Gasteiger partial charge in [-0.3, -0.25) is 14.7 Å². The molecule has 7 nitrogen and oxygen atoms in total. The molecule has 0 radical (unpaired) electrons. The van der Waals surface area contributed by atoms with Gasteiger partial charge in [0.2, 0.25) is 5.95 Å². The van der Waals surface area contributed by atoms with Gasteiger partial charge in [-0.1, -0.05) is 17.7 Å². The van der Waals surface area contributed by atoms with Crippen LogP contribution in [0.3, 0.4) is 0 Å². The van der Waals surface area contributed by atoms with Crippen LogP contribution < -0.4 is 9.46 Å². The van der Waals surface area contributed by atoms with Crippen molar-refractivity contribution in [3.05, 3.63) is 52.8 Å². The van der Waals surface area contributed by atoms with E-state index in [2.05, 4.69) is 29.6 Å². The first kappa shape index (κ1) is 22.3. The Hall–Kier alpha value is -2.91. The minimum absolute atomic E-state index is 0.0296. The number of aromatic amines is 1. The predicted molar refractivity (Wildman–Crippen MR) is 126 cm³/mol. The molecular formula is C22H22ClFN6OS. The van der Waals surface area contributed by atoms with E-state index in [0.29, 0.717) is 33.8 Å². The molecule has 0 amide bonds. The van der Waals surface area contributed by atoms with Crippen molar-refractivity contribution in [1.29, 1.82) is 0 Å². The zero-order valence-corrected chi connectivity index (χ0v) is 19.6. The van der Waals surface area contributed by atoms with Gasteiger partial charge in [0.25, 0.3) is 0 Å². The Morgan fingerprint density at radius 3 is 2.56 bits per heavy atom. The molecule has 10 heteroatoms. The Bertz CT molecular complexity index is 1240. The molecule has 0 saturated carbocycles. The van der Waals surface area contributed by atoms with Crippen LogP contribution in [-0.4, -0.2) is 37.7 Å². The van der Waals surface area contributed by atoms with Crippen molar-refractivity contribution in [2.75, 3.05) is 11.3 Å². The molecule has 0 aliphatic carbocycles. The number of benzene rings is 1. The van der Waals surface area contributed by atoms with Crippen LogP contribution in [-0.2, 0) is 0 Å². The third kappa shape index (κ3) is 4.63. The summed E-state index contributed by atoms with van der Waals surface area (Å²) in [5.74, 6) is 0.953. The van der Waals surface area contributed by atoms with Gasteiger partial charge in [-0.05, 0) is 45.7 Å². The second-order valence-corrected chi connectivity index (χ2v) is 8.64. The highest BCUT2D eigenvalue weighted by atomic mass is 35.5. The second kappa shape index (κ2) is 9.30. The average molecular weight is 473 g/mol. The Morgan fingerprint density at radius 2 is 1.91 bits per heavy atom. The lowest BCUT2D eigenvalue weighted by Gasteiger charge is -2.13. The topological polar surface area (TPSA) is 88.6 Å². The molecule has 166 valence electrons. The van der Waals surface area contributed by atoms with Crippen molar-refractivity contribution in [2.45, 2.75) is 38.8 Å². The molecule has 1 atom stereocenters. The summed E-state index contributed by atoms with van der Waals surface area (Å²) in [4.78, 5) is 21.9. The fourth-order valence-corrected chi connectivity index (χ4v) is 4.21. The molecule has 3 aromatic heterocycles. The van der Waals surface area contributed by atoms with E-state index in [0.717, 1.165) is 27.1 Å². The summed E-state index contributed by atoms with van der Waals surface area (Å²) in [6.45, 7) is 6.93. The summed E-state index contributed by atoms with van der Waals surface area (Å²) in [6, 6.07) is 3.80. The minimum atomic E-state index is -1.06. The summed E-state index contributed by atoms with van der Waals surface area (Å²) < 4.78 is 21.8. The van der Waals surface area contributed by atoms with E-state index in [4.69, 9.17) is 16.3 Å². The Kier molecular flexibility index (Phi) is 6.48. The van der Waals surface area contributed by atoms with Crippen LogP contribution in [0.25, 0.3) is 22.2 Å². The highest BCUT2D eigenvalue weighted by Crippen LogP contribution is 2.37. The molecule has 32 heavy (non-hydrogen) atoms. The first-order chi connectivity index (χ1) is 15.3. The molecule has 0 aliphatic heterocycles. The van der Waals surface area contributed by atoms with Gasteiger partial charge in [-0.25, -0.2) is 14.4 Å². The van der Waals surface area contributed by atoms with E-state index < -0.39 is 6.17 Å². The maximum absolute atomic E-state index is 13.1. The number of halogens is 2. The molecule has 0 bridgehead atoms. The summed E-state index contributed by atoms with van der Waals surface area (Å²) in [7, 11) is 0. The quantitative estimate of drug-likeness (QED) is 0.326. The number of alkyl halides is 1. The molecule has 4 rings (SSSR count). The van der Waals surface area contributed by atoms with Crippen molar-refractivity contribution in [2.24, 2.45) is 0 Å². The van der Waals surface area contributed by atoms with Crippen LogP contribution in [0.2, 0.25) is 5.02 Å². The Labute approximate surface area is 194 Å². The number of aryl methyl sites for hydroxylation is 3. The molecule has 0 saturated heterocycles. The van der Waals surface area contributed by atoms with Gasteiger partial charge < -0.3 is 9.72 Å². The van der Waals surface area contributed by atoms with E-state index in [1.165, 1.54) is 18.9 Å². The number of H-pyrrole nitrogens is 1. The third-order valence-corrected chi connectivity index (χ3v) is 5.88. The number of ether oxygens (including phenoxy) is 1. The number of hydrogen-bond acceptors (Lipinski definition) is 7. The molecule has 0 spiro atoms. The predicted octanol–water partition coefficient (Wildman–Crippen LogP) is 5.85.